The predicted molar refractivity (Wildman–Crippen MR) is 104 cm³/mol. The Morgan fingerprint density at radius 1 is 0.852 bits per heavy atom. The lowest BCUT2D eigenvalue weighted by molar-refractivity contribution is 0.0922. The van der Waals surface area contributed by atoms with Gasteiger partial charge >= 0.3 is 0 Å². The maximum atomic E-state index is 12.9. The second-order valence-electron chi connectivity index (χ2n) is 7.86. The number of hydrogen-bond acceptors (Lipinski definition) is 3. The van der Waals surface area contributed by atoms with Crippen molar-refractivity contribution in [3.63, 3.8) is 0 Å². The lowest BCUT2D eigenvalue weighted by atomic mass is 10.1. The Hall–Kier alpha value is -2.37. The molecule has 2 aromatic rings. The van der Waals surface area contributed by atoms with Gasteiger partial charge in [-0.3, -0.25) is 14.0 Å². The minimum atomic E-state index is -0.192. The second-order valence-corrected chi connectivity index (χ2v) is 7.86. The summed E-state index contributed by atoms with van der Waals surface area (Å²) in [6, 6.07) is 6.00. The molecule has 2 heterocycles. The fourth-order valence-electron chi connectivity index (χ4n) is 4.36. The molecular formula is C21H28N4O2. The lowest BCUT2D eigenvalue weighted by Gasteiger charge is -2.15. The Morgan fingerprint density at radius 2 is 1.44 bits per heavy atom. The molecule has 2 aliphatic carbocycles. The summed E-state index contributed by atoms with van der Waals surface area (Å²) < 4.78 is 1.73. The molecule has 4 rings (SSSR count). The molecule has 6 nitrogen and oxygen atoms in total. The average molecular weight is 368 g/mol. The molecule has 2 fully saturated rings. The van der Waals surface area contributed by atoms with Gasteiger partial charge in [-0.15, -0.1) is 0 Å². The van der Waals surface area contributed by atoms with Gasteiger partial charge in [0, 0.05) is 18.3 Å². The van der Waals surface area contributed by atoms with E-state index < -0.39 is 0 Å². The highest BCUT2D eigenvalue weighted by Gasteiger charge is 2.25. The van der Waals surface area contributed by atoms with E-state index in [4.69, 9.17) is 0 Å². The van der Waals surface area contributed by atoms with Crippen LogP contribution in [0.3, 0.4) is 0 Å². The molecule has 0 atom stereocenters. The molecule has 2 aliphatic rings. The number of pyridine rings is 1. The van der Waals surface area contributed by atoms with Crippen LogP contribution >= 0.6 is 0 Å². The van der Waals surface area contributed by atoms with Gasteiger partial charge in [0.25, 0.3) is 11.8 Å². The zero-order chi connectivity index (χ0) is 18.6. The maximum Gasteiger partial charge on any atom is 0.287 e. The summed E-state index contributed by atoms with van der Waals surface area (Å²) in [5, 5.41) is 6.22. The summed E-state index contributed by atoms with van der Waals surface area (Å²) in [6.07, 6.45) is 13.0. The van der Waals surface area contributed by atoms with E-state index in [9.17, 15) is 9.59 Å². The van der Waals surface area contributed by atoms with Crippen LogP contribution in [0.15, 0.2) is 24.4 Å². The van der Waals surface area contributed by atoms with Gasteiger partial charge in [0.2, 0.25) is 5.82 Å². The molecule has 27 heavy (non-hydrogen) atoms. The zero-order valence-corrected chi connectivity index (χ0v) is 15.7. The summed E-state index contributed by atoms with van der Waals surface area (Å²) in [6.45, 7) is 0. The monoisotopic (exact) mass is 368 g/mol. The summed E-state index contributed by atoms with van der Waals surface area (Å²) in [5.41, 5.74) is 1.02. The van der Waals surface area contributed by atoms with Gasteiger partial charge in [0.15, 0.2) is 5.69 Å². The van der Waals surface area contributed by atoms with Gasteiger partial charge in [-0.2, -0.15) is 0 Å². The molecule has 0 bridgehead atoms. The molecule has 2 N–H and O–H groups in total. The van der Waals surface area contributed by atoms with Crippen LogP contribution in [0, 0.1) is 0 Å². The number of aromatic nitrogens is 2. The summed E-state index contributed by atoms with van der Waals surface area (Å²) >= 11 is 0. The number of nitrogens with zero attached hydrogens (tertiary/aromatic N) is 2. The van der Waals surface area contributed by atoms with E-state index in [1.54, 1.807) is 10.6 Å². The number of rotatable bonds is 4. The molecule has 0 aromatic carbocycles. The van der Waals surface area contributed by atoms with Crippen molar-refractivity contribution in [3.8, 4) is 0 Å². The van der Waals surface area contributed by atoms with E-state index in [0.717, 1.165) is 51.4 Å². The van der Waals surface area contributed by atoms with E-state index in [1.807, 2.05) is 18.2 Å². The number of carbonyl (C=O) groups is 2. The largest absolute Gasteiger partial charge is 0.348 e. The highest BCUT2D eigenvalue weighted by molar-refractivity contribution is 6.02. The fraction of sp³-hybridized carbons (Fsp3) is 0.571. The molecule has 0 unspecified atom stereocenters. The summed E-state index contributed by atoms with van der Waals surface area (Å²) in [5.74, 6) is -0.0754. The minimum Gasteiger partial charge on any atom is -0.348 e. The number of amides is 2. The number of fused-ring (bicyclic) bond motifs is 1. The first-order chi connectivity index (χ1) is 13.2. The van der Waals surface area contributed by atoms with Crippen LogP contribution in [0.1, 0.15) is 85.3 Å². The Labute approximate surface area is 159 Å². The Bertz CT molecular complexity index is 815. The van der Waals surface area contributed by atoms with Crippen molar-refractivity contribution in [2.45, 2.75) is 76.3 Å². The summed E-state index contributed by atoms with van der Waals surface area (Å²) in [7, 11) is 0. The standard InChI is InChI=1S/C21H28N4O2/c26-20(22-15-11-5-6-12-15)18-17-13-7-8-14-25(17)19(24-18)21(27)23-16-9-3-1-2-4-10-16/h7-8,13-16H,1-6,9-12H2,(H,22,26)(H,23,27). The summed E-state index contributed by atoms with van der Waals surface area (Å²) in [4.78, 5) is 30.1. The van der Waals surface area contributed by atoms with Crippen molar-refractivity contribution < 1.29 is 9.59 Å². The number of imidazole rings is 1. The third-order valence-corrected chi connectivity index (χ3v) is 5.85. The zero-order valence-electron chi connectivity index (χ0n) is 15.7. The van der Waals surface area contributed by atoms with Crippen LogP contribution in [0.5, 0.6) is 0 Å². The molecule has 0 radical (unpaired) electrons. The highest BCUT2D eigenvalue weighted by Crippen LogP contribution is 2.20. The van der Waals surface area contributed by atoms with Crippen molar-refractivity contribution in [2.75, 3.05) is 0 Å². The van der Waals surface area contributed by atoms with Crippen LogP contribution < -0.4 is 10.6 Å². The smallest absolute Gasteiger partial charge is 0.287 e. The molecule has 6 heteroatoms. The lowest BCUT2D eigenvalue weighted by Crippen LogP contribution is -2.35. The van der Waals surface area contributed by atoms with E-state index in [2.05, 4.69) is 15.6 Å². The van der Waals surface area contributed by atoms with Gasteiger partial charge in [-0.1, -0.05) is 44.6 Å². The first-order valence-corrected chi connectivity index (χ1v) is 10.3. The normalized spacial score (nSPS) is 19.1. The van der Waals surface area contributed by atoms with Crippen molar-refractivity contribution in [1.82, 2.24) is 20.0 Å². The highest BCUT2D eigenvalue weighted by atomic mass is 16.2. The van der Waals surface area contributed by atoms with Crippen molar-refractivity contribution in [2.24, 2.45) is 0 Å². The quantitative estimate of drug-likeness (QED) is 0.812. The molecule has 0 aliphatic heterocycles. The van der Waals surface area contributed by atoms with Gasteiger partial charge in [0.05, 0.1) is 5.52 Å². The first kappa shape index (κ1) is 18.0. The molecular weight excluding hydrogens is 340 g/mol. The topological polar surface area (TPSA) is 75.5 Å². The van der Waals surface area contributed by atoms with Crippen LogP contribution in [-0.4, -0.2) is 33.3 Å². The van der Waals surface area contributed by atoms with Crippen LogP contribution in [0.25, 0.3) is 5.52 Å². The molecule has 144 valence electrons. The molecule has 2 amide bonds. The molecule has 2 aromatic heterocycles. The average Bonchev–Trinajstić information content (AvgIpc) is 3.24. The number of hydrogen-bond donors (Lipinski definition) is 2. The van der Waals surface area contributed by atoms with Crippen molar-refractivity contribution >= 4 is 17.3 Å². The SMILES string of the molecule is O=C(NC1CCCC1)c1nc(C(=O)NC2CCCCCC2)n2ccccc12. The van der Waals surface area contributed by atoms with Crippen LogP contribution in [0.2, 0.25) is 0 Å². The number of carbonyl (C=O) groups excluding carboxylic acids is 2. The first-order valence-electron chi connectivity index (χ1n) is 10.3. The van der Waals surface area contributed by atoms with Crippen molar-refractivity contribution in [1.29, 1.82) is 0 Å². The van der Waals surface area contributed by atoms with E-state index in [1.165, 1.54) is 12.8 Å². The van der Waals surface area contributed by atoms with Gasteiger partial charge in [0.1, 0.15) is 0 Å². The van der Waals surface area contributed by atoms with Crippen LogP contribution in [-0.2, 0) is 0 Å². The minimum absolute atomic E-state index is 0.181. The van der Waals surface area contributed by atoms with E-state index in [0.29, 0.717) is 17.0 Å². The Morgan fingerprint density at radius 3 is 2.11 bits per heavy atom. The molecule has 0 saturated heterocycles. The number of nitrogens with one attached hydrogen (secondary N) is 2. The van der Waals surface area contributed by atoms with Crippen molar-refractivity contribution in [3.05, 3.63) is 35.9 Å². The van der Waals surface area contributed by atoms with E-state index in [-0.39, 0.29) is 23.9 Å². The second kappa shape index (κ2) is 8.11. The Kier molecular flexibility index (Phi) is 5.41. The molecule has 0 spiro atoms. The predicted octanol–water partition coefficient (Wildman–Crippen LogP) is 3.46. The Balaban J connectivity index is 1.57. The third kappa shape index (κ3) is 3.99. The molecule has 2 saturated carbocycles. The van der Waals surface area contributed by atoms with E-state index >= 15 is 0 Å². The van der Waals surface area contributed by atoms with Gasteiger partial charge < -0.3 is 10.6 Å². The fourth-order valence-corrected chi connectivity index (χ4v) is 4.36. The maximum absolute atomic E-state index is 12.9. The van der Waals surface area contributed by atoms with Gasteiger partial charge in [-0.05, 0) is 37.8 Å². The van der Waals surface area contributed by atoms with Crippen LogP contribution in [0.4, 0.5) is 0 Å². The third-order valence-electron chi connectivity index (χ3n) is 5.85. The van der Waals surface area contributed by atoms with Gasteiger partial charge in [-0.25, -0.2) is 4.98 Å².